The molecule has 5 heterocycles. The molecule has 14 heteroatoms. The van der Waals surface area contributed by atoms with Crippen molar-refractivity contribution in [3.8, 4) is 11.9 Å². The average molecular weight is 666 g/mol. The van der Waals surface area contributed by atoms with Gasteiger partial charge in [0, 0.05) is 81.1 Å². The molecule has 3 aromatic heterocycles. The second kappa shape index (κ2) is 15.5. The molecule has 0 aliphatic carbocycles. The van der Waals surface area contributed by atoms with Crippen LogP contribution in [0.2, 0.25) is 0 Å². The number of nitrogens with zero attached hydrogens (tertiary/aromatic N) is 8. The van der Waals surface area contributed by atoms with Crippen molar-refractivity contribution in [2.75, 3.05) is 81.6 Å². The Kier molecular flexibility index (Phi) is 10.8. The summed E-state index contributed by atoms with van der Waals surface area (Å²) in [5.41, 5.74) is 3.43. The number of benzene rings is 1. The van der Waals surface area contributed by atoms with E-state index in [9.17, 15) is 10.1 Å². The van der Waals surface area contributed by atoms with E-state index in [1.807, 2.05) is 37.3 Å². The lowest BCUT2D eigenvalue weighted by Crippen LogP contribution is -2.39. The van der Waals surface area contributed by atoms with Crippen LogP contribution in [0.15, 0.2) is 55.0 Å². The third kappa shape index (κ3) is 8.76. The van der Waals surface area contributed by atoms with Gasteiger partial charge in [-0.3, -0.25) is 19.6 Å². The van der Waals surface area contributed by atoms with E-state index in [0.717, 1.165) is 75.2 Å². The fourth-order valence-electron chi connectivity index (χ4n) is 5.63. The molecule has 14 nitrogen and oxygen atoms in total. The van der Waals surface area contributed by atoms with Gasteiger partial charge < -0.3 is 25.4 Å². The Morgan fingerprint density at radius 1 is 0.959 bits per heavy atom. The lowest BCUT2D eigenvalue weighted by atomic mass is 9.90. The number of amides is 1. The molecule has 3 N–H and O–H groups in total. The molecule has 0 atom stereocenters. The minimum absolute atomic E-state index is 0.292. The maximum Gasteiger partial charge on any atom is 0.255 e. The van der Waals surface area contributed by atoms with Gasteiger partial charge in [0.15, 0.2) is 5.82 Å². The fraction of sp³-hybridized carbons (Fsp3) is 0.429. The normalized spacial score (nSPS) is 15.8. The zero-order valence-corrected chi connectivity index (χ0v) is 28.3. The molecule has 1 aromatic carbocycles. The van der Waals surface area contributed by atoms with Crippen LogP contribution in [-0.4, -0.2) is 106 Å². The number of pyridine rings is 1. The molecule has 1 amide bonds. The van der Waals surface area contributed by atoms with Crippen LogP contribution in [-0.2, 0) is 21.4 Å². The summed E-state index contributed by atoms with van der Waals surface area (Å²) in [6.45, 7) is 14.3. The van der Waals surface area contributed by atoms with Crippen LogP contribution in [0.5, 0.6) is 0 Å². The van der Waals surface area contributed by atoms with Gasteiger partial charge in [-0.15, -0.1) is 0 Å². The van der Waals surface area contributed by atoms with Crippen LogP contribution in [0.1, 0.15) is 41.2 Å². The summed E-state index contributed by atoms with van der Waals surface area (Å²) in [5.74, 6) is 1.77. The first-order valence-corrected chi connectivity index (χ1v) is 16.6. The first-order valence-electron chi connectivity index (χ1n) is 16.6. The van der Waals surface area contributed by atoms with E-state index in [0.29, 0.717) is 48.3 Å². The van der Waals surface area contributed by atoms with Crippen molar-refractivity contribution in [2.24, 2.45) is 0 Å². The minimum atomic E-state index is -0.815. The highest BCUT2D eigenvalue weighted by molar-refractivity contribution is 6.04. The fourth-order valence-corrected chi connectivity index (χ4v) is 5.63. The third-order valence-corrected chi connectivity index (χ3v) is 8.66. The van der Waals surface area contributed by atoms with Crippen molar-refractivity contribution in [2.45, 2.75) is 32.7 Å². The minimum Gasteiger partial charge on any atom is -0.379 e. The summed E-state index contributed by atoms with van der Waals surface area (Å²) < 4.78 is 12.8. The SMILES string of the molecule is Cc1ccc(NC(=O)c2ccnc(C(C)(C)C#N)c2)cc1Nc1cc(CN2CCOCC2)nn1-c1cc(NCCN2CCOCC2)ncn1. The summed E-state index contributed by atoms with van der Waals surface area (Å²) >= 11 is 0. The van der Waals surface area contributed by atoms with E-state index >= 15 is 0 Å². The number of morpholine rings is 2. The van der Waals surface area contributed by atoms with Gasteiger partial charge in [-0.05, 0) is 50.6 Å². The Morgan fingerprint density at radius 2 is 1.71 bits per heavy atom. The van der Waals surface area contributed by atoms with Crippen molar-refractivity contribution < 1.29 is 14.3 Å². The van der Waals surface area contributed by atoms with E-state index in [4.69, 9.17) is 14.6 Å². The van der Waals surface area contributed by atoms with Crippen LogP contribution >= 0.6 is 0 Å². The number of aryl methyl sites for hydroxylation is 1. The third-order valence-electron chi connectivity index (χ3n) is 8.66. The number of carbonyl (C=O) groups is 1. The van der Waals surface area contributed by atoms with Crippen LogP contribution in [0.4, 0.5) is 23.0 Å². The molecule has 0 spiro atoms. The molecule has 2 saturated heterocycles. The number of rotatable bonds is 12. The van der Waals surface area contributed by atoms with Crippen LogP contribution < -0.4 is 16.0 Å². The van der Waals surface area contributed by atoms with Crippen molar-refractivity contribution in [3.05, 3.63) is 77.5 Å². The Labute approximate surface area is 286 Å². The van der Waals surface area contributed by atoms with Crippen molar-refractivity contribution in [1.29, 1.82) is 5.26 Å². The molecule has 2 aliphatic heterocycles. The van der Waals surface area contributed by atoms with Crippen LogP contribution in [0, 0.1) is 18.3 Å². The molecule has 49 heavy (non-hydrogen) atoms. The van der Waals surface area contributed by atoms with Gasteiger partial charge in [-0.1, -0.05) is 6.07 Å². The highest BCUT2D eigenvalue weighted by Gasteiger charge is 2.23. The zero-order chi connectivity index (χ0) is 34.2. The smallest absolute Gasteiger partial charge is 0.255 e. The van der Waals surface area contributed by atoms with Crippen molar-refractivity contribution in [1.82, 2.24) is 34.5 Å². The van der Waals surface area contributed by atoms with Crippen LogP contribution in [0.3, 0.4) is 0 Å². The van der Waals surface area contributed by atoms with Gasteiger partial charge in [-0.25, -0.2) is 9.97 Å². The van der Waals surface area contributed by atoms with E-state index in [1.54, 1.807) is 43.2 Å². The molecule has 0 unspecified atom stereocenters. The Balaban J connectivity index is 1.22. The zero-order valence-electron chi connectivity index (χ0n) is 28.3. The van der Waals surface area contributed by atoms with Gasteiger partial charge >= 0.3 is 0 Å². The molecule has 6 rings (SSSR count). The number of hydrogen-bond donors (Lipinski definition) is 3. The molecular weight excluding hydrogens is 622 g/mol. The number of carbonyl (C=O) groups excluding carboxylic acids is 1. The first kappa shape index (κ1) is 33.9. The van der Waals surface area contributed by atoms with Gasteiger partial charge in [0.05, 0.1) is 49.3 Å². The van der Waals surface area contributed by atoms with Gasteiger partial charge in [-0.2, -0.15) is 15.0 Å². The Morgan fingerprint density at radius 3 is 2.47 bits per heavy atom. The predicted octanol–water partition coefficient (Wildman–Crippen LogP) is 3.74. The number of anilines is 4. The molecule has 0 bridgehead atoms. The summed E-state index contributed by atoms with van der Waals surface area (Å²) in [4.78, 5) is 31.3. The number of nitrogens with one attached hydrogen (secondary N) is 3. The maximum absolute atomic E-state index is 13.3. The number of nitriles is 1. The van der Waals surface area contributed by atoms with E-state index < -0.39 is 5.41 Å². The monoisotopic (exact) mass is 665 g/mol. The molecule has 2 aliphatic rings. The lowest BCUT2D eigenvalue weighted by molar-refractivity contribution is 0.0336. The van der Waals surface area contributed by atoms with Gasteiger partial charge in [0.2, 0.25) is 0 Å². The molecule has 256 valence electrons. The number of ether oxygens (including phenoxy) is 2. The van der Waals surface area contributed by atoms with Crippen molar-refractivity contribution >= 4 is 28.9 Å². The predicted molar refractivity (Wildman–Crippen MR) is 186 cm³/mol. The first-order chi connectivity index (χ1) is 23.8. The highest BCUT2D eigenvalue weighted by Crippen LogP contribution is 2.28. The molecule has 4 aromatic rings. The number of aromatic nitrogens is 5. The van der Waals surface area contributed by atoms with E-state index in [-0.39, 0.29) is 5.91 Å². The highest BCUT2D eigenvalue weighted by atomic mass is 16.5. The van der Waals surface area contributed by atoms with Gasteiger partial charge in [0.25, 0.3) is 5.91 Å². The maximum atomic E-state index is 13.3. The average Bonchev–Trinajstić information content (AvgIpc) is 3.52. The Hall–Kier alpha value is -4.94. The largest absolute Gasteiger partial charge is 0.379 e. The molecular formula is C35H43N11O3. The summed E-state index contributed by atoms with van der Waals surface area (Å²) in [6.07, 6.45) is 3.10. The molecule has 2 fully saturated rings. The Bertz CT molecular complexity index is 1790. The molecule has 0 saturated carbocycles. The van der Waals surface area contributed by atoms with E-state index in [1.165, 1.54) is 0 Å². The van der Waals surface area contributed by atoms with Gasteiger partial charge in [0.1, 0.15) is 18.0 Å². The lowest BCUT2D eigenvalue weighted by Gasteiger charge is -2.26. The second-order valence-corrected chi connectivity index (χ2v) is 12.7. The summed E-state index contributed by atoms with van der Waals surface area (Å²) in [6, 6.07) is 15.2. The van der Waals surface area contributed by atoms with Crippen LogP contribution in [0.25, 0.3) is 5.82 Å². The summed E-state index contributed by atoms with van der Waals surface area (Å²) in [5, 5.41) is 24.5. The topological polar surface area (TPSA) is 158 Å². The quantitative estimate of drug-likeness (QED) is 0.202. The van der Waals surface area contributed by atoms with Crippen molar-refractivity contribution in [3.63, 3.8) is 0 Å². The number of hydrogen-bond acceptors (Lipinski definition) is 12. The summed E-state index contributed by atoms with van der Waals surface area (Å²) in [7, 11) is 0. The standard InChI is InChI=1S/C35H43N11O3/c1-25-4-5-27(41-34(47)26-6-7-37-30(18-26)35(2,3)23-36)19-29(25)42-33-20-28(22-45-12-16-49-17-13-45)43-46(33)32-21-31(39-24-40-32)38-8-9-44-10-14-48-15-11-44/h4-7,18-21,24,42H,8-17,22H2,1-3H3,(H,41,47)(H,38,39,40). The second-order valence-electron chi connectivity index (χ2n) is 12.7. The molecule has 0 radical (unpaired) electrons. The van der Waals surface area contributed by atoms with E-state index in [2.05, 4.69) is 46.8 Å².